The molecular weight excluding hydrogens is 276 g/mol. The van der Waals surface area contributed by atoms with Gasteiger partial charge in [0.05, 0.1) is 10.6 Å². The summed E-state index contributed by atoms with van der Waals surface area (Å²) in [6.45, 7) is 2.63. The predicted octanol–water partition coefficient (Wildman–Crippen LogP) is 1.32. The van der Waals surface area contributed by atoms with Gasteiger partial charge in [-0.3, -0.25) is 0 Å². The molecule has 5 nitrogen and oxygen atoms in total. The van der Waals surface area contributed by atoms with Gasteiger partial charge in [0.15, 0.2) is 9.84 Å². The summed E-state index contributed by atoms with van der Waals surface area (Å²) in [6.07, 6.45) is 3.55. The quantitative estimate of drug-likeness (QED) is 0.906. The third-order valence-corrected chi connectivity index (χ3v) is 5.59. The maximum Gasteiger partial charge on any atom is 0.178 e. The first-order valence-corrected chi connectivity index (χ1v) is 8.20. The molecule has 0 radical (unpaired) electrons. The molecule has 1 aromatic heterocycles. The van der Waals surface area contributed by atoms with Gasteiger partial charge < -0.3 is 9.67 Å². The summed E-state index contributed by atoms with van der Waals surface area (Å²) >= 11 is 0. The van der Waals surface area contributed by atoms with Crippen LogP contribution in [0.5, 0.6) is 0 Å². The van der Waals surface area contributed by atoms with E-state index in [2.05, 4.69) is 4.98 Å². The Morgan fingerprint density at radius 3 is 2.90 bits per heavy atom. The van der Waals surface area contributed by atoms with Gasteiger partial charge >= 0.3 is 0 Å². The minimum Gasteiger partial charge on any atom is -0.377 e. The highest BCUT2D eigenvalue weighted by atomic mass is 32.2. The fourth-order valence-corrected chi connectivity index (χ4v) is 4.41. The first kappa shape index (κ1) is 13.3. The Balaban J connectivity index is 2.26. The number of rotatable bonds is 2. The monoisotopic (exact) mass is 292 g/mol. The van der Waals surface area contributed by atoms with Crippen LogP contribution in [-0.2, 0) is 22.0 Å². The van der Waals surface area contributed by atoms with E-state index in [-0.39, 0.29) is 17.1 Å². The topological polar surface area (TPSA) is 72.2 Å². The van der Waals surface area contributed by atoms with Crippen molar-refractivity contribution in [3.05, 3.63) is 48.0 Å². The summed E-state index contributed by atoms with van der Waals surface area (Å²) in [5.74, 6) is 0.430. The highest BCUT2D eigenvalue weighted by Gasteiger charge is 2.44. The first-order chi connectivity index (χ1) is 9.49. The highest BCUT2D eigenvalue weighted by Crippen LogP contribution is 2.40. The number of benzene rings is 1. The molecule has 2 aromatic rings. The number of hydrogen-bond donors (Lipinski definition) is 1. The Labute approximate surface area is 117 Å². The summed E-state index contributed by atoms with van der Waals surface area (Å²) in [5, 5.41) is 11.1. The van der Waals surface area contributed by atoms with Crippen LogP contribution >= 0.6 is 0 Å². The smallest absolute Gasteiger partial charge is 0.178 e. The van der Waals surface area contributed by atoms with E-state index in [4.69, 9.17) is 0 Å². The Kier molecular flexibility index (Phi) is 2.95. The van der Waals surface area contributed by atoms with Gasteiger partial charge in [0, 0.05) is 30.9 Å². The van der Waals surface area contributed by atoms with Gasteiger partial charge in [-0.2, -0.15) is 0 Å². The molecule has 1 aliphatic heterocycles. The number of aryl methyl sites for hydroxylation is 1. The van der Waals surface area contributed by atoms with Crippen LogP contribution in [0.25, 0.3) is 0 Å². The van der Waals surface area contributed by atoms with Crippen LogP contribution in [0.2, 0.25) is 0 Å². The van der Waals surface area contributed by atoms with Crippen LogP contribution in [0.4, 0.5) is 0 Å². The van der Waals surface area contributed by atoms with Crippen molar-refractivity contribution < 1.29 is 13.5 Å². The maximum atomic E-state index is 12.1. The number of nitrogens with zero attached hydrogens (tertiary/aromatic N) is 2. The van der Waals surface area contributed by atoms with Gasteiger partial charge in [-0.15, -0.1) is 0 Å². The molecule has 1 unspecified atom stereocenters. The van der Waals surface area contributed by atoms with Crippen LogP contribution < -0.4 is 0 Å². The average Bonchev–Trinajstić information content (AvgIpc) is 2.93. The van der Waals surface area contributed by atoms with Gasteiger partial charge in [0.2, 0.25) is 0 Å². The van der Waals surface area contributed by atoms with Crippen LogP contribution in [0.15, 0.2) is 41.6 Å². The zero-order valence-corrected chi connectivity index (χ0v) is 12.0. The highest BCUT2D eigenvalue weighted by molar-refractivity contribution is 7.91. The van der Waals surface area contributed by atoms with Crippen molar-refractivity contribution in [1.29, 1.82) is 0 Å². The number of imidazole rings is 1. The van der Waals surface area contributed by atoms with Gasteiger partial charge in [-0.25, -0.2) is 13.4 Å². The number of aliphatic hydroxyl groups is 1. The molecule has 3 rings (SSSR count). The van der Waals surface area contributed by atoms with Crippen LogP contribution in [-0.4, -0.2) is 28.8 Å². The van der Waals surface area contributed by atoms with Gasteiger partial charge in [-0.05, 0) is 13.0 Å². The normalized spacial score (nSPS) is 24.3. The molecule has 106 valence electrons. The lowest BCUT2D eigenvalue weighted by Gasteiger charge is -2.33. The van der Waals surface area contributed by atoms with E-state index in [1.54, 1.807) is 36.7 Å². The van der Waals surface area contributed by atoms with E-state index >= 15 is 0 Å². The molecule has 0 fully saturated rings. The van der Waals surface area contributed by atoms with E-state index in [0.29, 0.717) is 17.9 Å². The Morgan fingerprint density at radius 1 is 1.40 bits per heavy atom. The van der Waals surface area contributed by atoms with Crippen molar-refractivity contribution in [1.82, 2.24) is 9.55 Å². The molecule has 6 heteroatoms. The minimum absolute atomic E-state index is 0.0723. The second kappa shape index (κ2) is 4.43. The number of hydrogen-bond acceptors (Lipinski definition) is 4. The molecule has 1 aliphatic rings. The van der Waals surface area contributed by atoms with Crippen LogP contribution in [0, 0.1) is 0 Å². The lowest BCUT2D eigenvalue weighted by Crippen LogP contribution is -2.38. The van der Waals surface area contributed by atoms with Crippen molar-refractivity contribution in [3.63, 3.8) is 0 Å². The molecule has 1 aromatic carbocycles. The summed E-state index contributed by atoms with van der Waals surface area (Å²) < 4.78 is 26.1. The first-order valence-electron chi connectivity index (χ1n) is 6.55. The van der Waals surface area contributed by atoms with Crippen molar-refractivity contribution in [2.24, 2.45) is 0 Å². The van der Waals surface area contributed by atoms with Crippen molar-refractivity contribution in [3.8, 4) is 0 Å². The molecule has 2 heterocycles. The standard InChI is InChI=1S/C14H16N2O3S/c1-2-16-9-8-15-13(16)14(17)7-10-20(18,19)12-6-4-3-5-11(12)14/h3-6,8-9,17H,2,7,10H2,1H3. The van der Waals surface area contributed by atoms with Crippen molar-refractivity contribution in [2.45, 2.75) is 30.4 Å². The fraction of sp³-hybridized carbons (Fsp3) is 0.357. The van der Waals surface area contributed by atoms with Crippen LogP contribution in [0.1, 0.15) is 24.7 Å². The fourth-order valence-electron chi connectivity index (χ4n) is 2.77. The zero-order valence-electron chi connectivity index (χ0n) is 11.2. The van der Waals surface area contributed by atoms with E-state index in [1.165, 1.54) is 0 Å². The van der Waals surface area contributed by atoms with Crippen LogP contribution in [0.3, 0.4) is 0 Å². The summed E-state index contributed by atoms with van der Waals surface area (Å²) in [6, 6.07) is 6.63. The predicted molar refractivity (Wildman–Crippen MR) is 74.0 cm³/mol. The Bertz CT molecular complexity index is 751. The van der Waals surface area contributed by atoms with E-state index < -0.39 is 15.4 Å². The summed E-state index contributed by atoms with van der Waals surface area (Å²) in [5.41, 5.74) is -0.923. The Morgan fingerprint density at radius 2 is 2.15 bits per heavy atom. The molecule has 1 N–H and O–H groups in total. The molecule has 0 aliphatic carbocycles. The number of sulfone groups is 1. The van der Waals surface area contributed by atoms with E-state index in [0.717, 1.165) is 0 Å². The molecule has 0 saturated heterocycles. The average molecular weight is 292 g/mol. The minimum atomic E-state index is -3.32. The Hall–Kier alpha value is -1.66. The molecule has 0 saturated carbocycles. The summed E-state index contributed by atoms with van der Waals surface area (Å²) in [4.78, 5) is 4.46. The molecule has 20 heavy (non-hydrogen) atoms. The third kappa shape index (κ3) is 1.79. The van der Waals surface area contributed by atoms with Gasteiger partial charge in [0.1, 0.15) is 11.4 Å². The van der Waals surface area contributed by atoms with Crippen molar-refractivity contribution >= 4 is 9.84 Å². The molecule has 0 bridgehead atoms. The lowest BCUT2D eigenvalue weighted by atomic mass is 9.89. The molecule has 0 spiro atoms. The van der Waals surface area contributed by atoms with Gasteiger partial charge in [0.25, 0.3) is 0 Å². The second-order valence-corrected chi connectivity index (χ2v) is 7.04. The largest absolute Gasteiger partial charge is 0.377 e. The second-order valence-electron chi connectivity index (χ2n) is 4.96. The van der Waals surface area contributed by atoms with E-state index in [1.807, 2.05) is 11.5 Å². The number of fused-ring (bicyclic) bond motifs is 1. The molecule has 0 amide bonds. The maximum absolute atomic E-state index is 12.1. The zero-order chi connectivity index (χ0) is 14.4. The van der Waals surface area contributed by atoms with Gasteiger partial charge in [-0.1, -0.05) is 18.2 Å². The number of aromatic nitrogens is 2. The summed E-state index contributed by atoms with van der Waals surface area (Å²) in [7, 11) is -3.32. The van der Waals surface area contributed by atoms with E-state index in [9.17, 15) is 13.5 Å². The third-order valence-electron chi connectivity index (χ3n) is 3.83. The SMILES string of the molecule is CCn1ccnc1C1(O)CCS(=O)(=O)c2ccccc21. The lowest BCUT2D eigenvalue weighted by molar-refractivity contribution is 0.0586. The molecular formula is C14H16N2O3S. The molecule has 1 atom stereocenters. The van der Waals surface area contributed by atoms with Crippen molar-refractivity contribution in [2.75, 3.05) is 5.75 Å².